The first kappa shape index (κ1) is 16.6. The zero-order valence-electron chi connectivity index (χ0n) is 11.4. The number of aliphatic hydroxyl groups is 3. The highest BCUT2D eigenvalue weighted by atomic mass is 16.3. The average molecular weight is 286 g/mol. The summed E-state index contributed by atoms with van der Waals surface area (Å²) in [5, 5.41) is 36.3. The molecule has 0 aliphatic carbocycles. The van der Waals surface area contributed by atoms with Crippen molar-refractivity contribution in [3.05, 3.63) is 28.2 Å². The highest BCUT2D eigenvalue weighted by Gasteiger charge is 2.10. The molecule has 1 aromatic rings. The van der Waals surface area contributed by atoms with Gasteiger partial charge in [-0.3, -0.25) is 9.69 Å². The van der Waals surface area contributed by atoms with Gasteiger partial charge in [-0.25, -0.2) is 0 Å². The Labute approximate surface area is 117 Å². The molecule has 0 spiro atoms. The van der Waals surface area contributed by atoms with Crippen LogP contribution in [-0.2, 0) is 13.1 Å². The van der Waals surface area contributed by atoms with E-state index in [2.05, 4.69) is 0 Å². The van der Waals surface area contributed by atoms with Crippen molar-refractivity contribution in [1.29, 1.82) is 0 Å². The van der Waals surface area contributed by atoms with Crippen LogP contribution in [0.4, 0.5) is 0 Å². The fourth-order valence-corrected chi connectivity index (χ4v) is 1.97. The van der Waals surface area contributed by atoms with E-state index in [9.17, 15) is 9.90 Å². The maximum Gasteiger partial charge on any atom is 0.223 e. The number of aliphatic hydroxyl groups excluding tert-OH is 3. The van der Waals surface area contributed by atoms with Gasteiger partial charge in [-0.2, -0.15) is 0 Å². The molecule has 0 amide bonds. The van der Waals surface area contributed by atoms with Crippen LogP contribution in [0.2, 0.25) is 0 Å². The van der Waals surface area contributed by atoms with Crippen molar-refractivity contribution in [3.63, 3.8) is 0 Å². The SMILES string of the molecule is O=c1cc(CN(CCO)CCO)n(CCCO)cc1O. The summed E-state index contributed by atoms with van der Waals surface area (Å²) >= 11 is 0. The molecule has 7 nitrogen and oxygen atoms in total. The molecule has 1 heterocycles. The van der Waals surface area contributed by atoms with E-state index in [0.717, 1.165) is 0 Å². The molecule has 0 radical (unpaired) electrons. The Balaban J connectivity index is 2.94. The van der Waals surface area contributed by atoms with Crippen LogP contribution in [0.15, 0.2) is 17.1 Å². The van der Waals surface area contributed by atoms with Gasteiger partial charge < -0.3 is 25.0 Å². The van der Waals surface area contributed by atoms with Crippen LogP contribution in [0, 0.1) is 0 Å². The first-order valence-electron chi connectivity index (χ1n) is 6.59. The largest absolute Gasteiger partial charge is 0.503 e. The second-order valence-corrected chi connectivity index (χ2v) is 4.51. The van der Waals surface area contributed by atoms with Crippen molar-refractivity contribution in [2.45, 2.75) is 19.5 Å². The molecule has 0 aliphatic heterocycles. The third-order valence-corrected chi connectivity index (χ3v) is 2.97. The van der Waals surface area contributed by atoms with Crippen LogP contribution in [-0.4, -0.2) is 62.8 Å². The maximum absolute atomic E-state index is 11.5. The smallest absolute Gasteiger partial charge is 0.223 e. The Kier molecular flexibility index (Phi) is 7.24. The van der Waals surface area contributed by atoms with E-state index in [-0.39, 0.29) is 25.6 Å². The summed E-state index contributed by atoms with van der Waals surface area (Å²) in [5.74, 6) is -0.331. The Morgan fingerprint density at radius 1 is 1.10 bits per heavy atom. The predicted molar refractivity (Wildman–Crippen MR) is 73.5 cm³/mol. The first-order chi connectivity index (χ1) is 9.62. The lowest BCUT2D eigenvalue weighted by Crippen LogP contribution is -2.31. The van der Waals surface area contributed by atoms with E-state index < -0.39 is 5.43 Å². The van der Waals surface area contributed by atoms with Gasteiger partial charge in [-0.1, -0.05) is 0 Å². The van der Waals surface area contributed by atoms with E-state index in [0.29, 0.717) is 38.3 Å². The molecule has 0 fully saturated rings. The molecule has 0 bridgehead atoms. The fraction of sp³-hybridized carbons (Fsp3) is 0.615. The van der Waals surface area contributed by atoms with Crippen molar-refractivity contribution < 1.29 is 20.4 Å². The lowest BCUT2D eigenvalue weighted by Gasteiger charge is -2.22. The summed E-state index contributed by atoms with van der Waals surface area (Å²) in [7, 11) is 0. The lowest BCUT2D eigenvalue weighted by atomic mass is 10.2. The number of aryl methyl sites for hydroxylation is 1. The average Bonchev–Trinajstić information content (AvgIpc) is 2.41. The number of hydrogen-bond acceptors (Lipinski definition) is 6. The van der Waals surface area contributed by atoms with Crippen LogP contribution in [0.25, 0.3) is 0 Å². The lowest BCUT2D eigenvalue weighted by molar-refractivity contribution is 0.153. The molecule has 0 saturated heterocycles. The Hall–Kier alpha value is -1.41. The highest BCUT2D eigenvalue weighted by Crippen LogP contribution is 2.09. The van der Waals surface area contributed by atoms with E-state index >= 15 is 0 Å². The van der Waals surface area contributed by atoms with Gasteiger partial charge in [0.1, 0.15) is 0 Å². The zero-order valence-corrected chi connectivity index (χ0v) is 11.4. The number of aromatic hydroxyl groups is 1. The van der Waals surface area contributed by atoms with E-state index in [1.54, 1.807) is 9.47 Å². The van der Waals surface area contributed by atoms with Crippen molar-refractivity contribution in [2.75, 3.05) is 32.9 Å². The standard InChI is InChI=1S/C13H22N2O5/c16-5-1-2-15-10-13(20)12(19)8-11(15)9-14(3-6-17)4-7-18/h8,10,16-18,20H,1-7,9H2. The number of nitrogens with zero attached hydrogens (tertiary/aromatic N) is 2. The number of hydrogen-bond donors (Lipinski definition) is 4. The second-order valence-electron chi connectivity index (χ2n) is 4.51. The summed E-state index contributed by atoms with van der Waals surface area (Å²) in [6.45, 7) is 1.56. The Morgan fingerprint density at radius 3 is 2.30 bits per heavy atom. The second kappa shape index (κ2) is 8.70. The molecule has 0 saturated carbocycles. The van der Waals surface area contributed by atoms with Gasteiger partial charge >= 0.3 is 0 Å². The minimum atomic E-state index is -0.465. The van der Waals surface area contributed by atoms with Gasteiger partial charge in [0.2, 0.25) is 5.43 Å². The third kappa shape index (κ3) is 4.93. The van der Waals surface area contributed by atoms with Crippen LogP contribution >= 0.6 is 0 Å². The topological polar surface area (TPSA) is 106 Å². The number of rotatable bonds is 9. The zero-order chi connectivity index (χ0) is 15.0. The van der Waals surface area contributed by atoms with Crippen molar-refractivity contribution in [2.24, 2.45) is 0 Å². The number of pyridine rings is 1. The molecule has 1 rings (SSSR count). The van der Waals surface area contributed by atoms with Gasteiger partial charge in [-0.05, 0) is 6.42 Å². The molecular formula is C13H22N2O5. The molecule has 4 N–H and O–H groups in total. The summed E-state index contributed by atoms with van der Waals surface area (Å²) in [6.07, 6.45) is 1.86. The summed E-state index contributed by atoms with van der Waals surface area (Å²) in [6, 6.07) is 1.34. The highest BCUT2D eigenvalue weighted by molar-refractivity contribution is 5.20. The van der Waals surface area contributed by atoms with Crippen LogP contribution in [0.5, 0.6) is 5.75 Å². The monoisotopic (exact) mass is 286 g/mol. The van der Waals surface area contributed by atoms with Crippen LogP contribution < -0.4 is 5.43 Å². The summed E-state index contributed by atoms with van der Waals surface area (Å²) in [5.41, 5.74) is 0.205. The molecule has 114 valence electrons. The predicted octanol–water partition coefficient (Wildman–Crippen LogP) is -1.28. The Bertz CT molecular complexity index is 455. The Morgan fingerprint density at radius 2 is 1.75 bits per heavy atom. The molecule has 0 atom stereocenters. The summed E-state index contributed by atoms with van der Waals surface area (Å²) < 4.78 is 1.70. The molecular weight excluding hydrogens is 264 g/mol. The van der Waals surface area contributed by atoms with Gasteiger partial charge in [-0.15, -0.1) is 0 Å². The van der Waals surface area contributed by atoms with Gasteiger partial charge in [0.25, 0.3) is 0 Å². The quantitative estimate of drug-likeness (QED) is 0.451. The normalized spacial score (nSPS) is 11.2. The molecule has 0 unspecified atom stereocenters. The van der Waals surface area contributed by atoms with Gasteiger partial charge in [0.05, 0.1) is 19.4 Å². The maximum atomic E-state index is 11.5. The van der Waals surface area contributed by atoms with Crippen LogP contribution in [0.1, 0.15) is 12.1 Å². The number of aromatic nitrogens is 1. The minimum absolute atomic E-state index is 0.0172. The van der Waals surface area contributed by atoms with E-state index in [4.69, 9.17) is 15.3 Å². The van der Waals surface area contributed by atoms with Crippen LogP contribution in [0.3, 0.4) is 0 Å². The van der Waals surface area contributed by atoms with E-state index in [1.165, 1.54) is 12.3 Å². The van der Waals surface area contributed by atoms with Crippen molar-refractivity contribution >= 4 is 0 Å². The molecule has 7 heteroatoms. The minimum Gasteiger partial charge on any atom is -0.503 e. The van der Waals surface area contributed by atoms with Gasteiger partial charge in [0.15, 0.2) is 5.75 Å². The molecule has 20 heavy (non-hydrogen) atoms. The van der Waals surface area contributed by atoms with Crippen molar-refractivity contribution in [1.82, 2.24) is 9.47 Å². The third-order valence-electron chi connectivity index (χ3n) is 2.97. The molecule has 1 aromatic heterocycles. The van der Waals surface area contributed by atoms with E-state index in [1.807, 2.05) is 0 Å². The summed E-state index contributed by atoms with van der Waals surface area (Å²) in [4.78, 5) is 13.3. The molecule has 0 aromatic carbocycles. The first-order valence-corrected chi connectivity index (χ1v) is 6.59. The van der Waals surface area contributed by atoms with Crippen molar-refractivity contribution in [3.8, 4) is 5.75 Å². The fourth-order valence-electron chi connectivity index (χ4n) is 1.97. The molecule has 0 aliphatic rings. The van der Waals surface area contributed by atoms with Gasteiger partial charge in [0, 0.05) is 44.5 Å².